The Morgan fingerprint density at radius 1 is 0.302 bits per heavy atom. The molecule has 0 bridgehead atoms. The zero-order valence-corrected chi connectivity index (χ0v) is 34.7. The monoisotopic (exact) mass is 821 g/mol. The summed E-state index contributed by atoms with van der Waals surface area (Å²) in [5.41, 5.74) is 12.0. The summed E-state index contributed by atoms with van der Waals surface area (Å²) in [6.07, 6.45) is 0. The molecule has 13 rings (SSSR count). The number of hydrogen-bond acceptors (Lipinski definition) is 4. The second kappa shape index (κ2) is 14.2. The molecule has 0 saturated heterocycles. The molecule has 0 unspecified atom stereocenters. The third-order valence-electron chi connectivity index (χ3n) is 12.4. The summed E-state index contributed by atoms with van der Waals surface area (Å²) in [5.74, 6) is 1.90. The number of nitrogens with zero attached hydrogens (tertiary/aromatic N) is 5. The standard InChI is InChI=1S/C57H35N5S/c1-4-15-36(16-5-1)39-27-29-44-43-23-10-12-25-49(43)61(50(44)34-39)42-28-30-45-47-31-32-48-46-24-11-13-26-52(46)63-54(48)53(47)62(51(45)35-42)41-22-14-21-40(33-41)57-59-55(37-17-6-2-7-18-37)58-56(60-57)38-19-8-3-9-20-38/h1-35H. The van der Waals surface area contributed by atoms with Crippen LogP contribution in [0.4, 0.5) is 0 Å². The van der Waals surface area contributed by atoms with Crippen LogP contribution in [0.1, 0.15) is 0 Å². The third kappa shape index (κ3) is 5.73. The average Bonchev–Trinajstić information content (AvgIpc) is 4.02. The van der Waals surface area contributed by atoms with E-state index < -0.39 is 0 Å². The Morgan fingerprint density at radius 3 is 1.57 bits per heavy atom. The van der Waals surface area contributed by atoms with E-state index in [0.29, 0.717) is 17.5 Å². The first-order valence-corrected chi connectivity index (χ1v) is 22.0. The number of aromatic nitrogens is 5. The van der Waals surface area contributed by atoms with Crippen molar-refractivity contribution in [2.75, 3.05) is 0 Å². The van der Waals surface area contributed by atoms with E-state index in [1.54, 1.807) is 0 Å². The lowest BCUT2D eigenvalue weighted by atomic mass is 10.0. The van der Waals surface area contributed by atoms with Gasteiger partial charge in [0.15, 0.2) is 17.5 Å². The molecule has 0 spiro atoms. The fourth-order valence-corrected chi connectivity index (χ4v) is 10.7. The molecule has 0 atom stereocenters. The van der Waals surface area contributed by atoms with Crippen LogP contribution in [0.2, 0.25) is 0 Å². The lowest BCUT2D eigenvalue weighted by Crippen LogP contribution is -2.01. The zero-order valence-electron chi connectivity index (χ0n) is 33.9. The molecule has 0 N–H and O–H groups in total. The third-order valence-corrected chi connectivity index (χ3v) is 13.6. The van der Waals surface area contributed by atoms with Crippen molar-refractivity contribution < 1.29 is 0 Å². The van der Waals surface area contributed by atoms with Crippen LogP contribution in [0.15, 0.2) is 212 Å². The molecule has 6 heteroatoms. The van der Waals surface area contributed by atoms with Gasteiger partial charge in [0, 0.05) is 65.1 Å². The van der Waals surface area contributed by atoms with Crippen LogP contribution in [0, 0.1) is 0 Å². The summed E-state index contributed by atoms with van der Waals surface area (Å²) >= 11 is 1.86. The van der Waals surface area contributed by atoms with Crippen molar-refractivity contribution in [1.29, 1.82) is 0 Å². The summed E-state index contributed by atoms with van der Waals surface area (Å²) in [6, 6.07) is 75.7. The van der Waals surface area contributed by atoms with Crippen molar-refractivity contribution in [3.63, 3.8) is 0 Å². The van der Waals surface area contributed by atoms with Crippen molar-refractivity contribution in [3.05, 3.63) is 212 Å². The first-order valence-electron chi connectivity index (χ1n) is 21.2. The number of para-hydroxylation sites is 1. The molecular weight excluding hydrogens is 787 g/mol. The molecule has 63 heavy (non-hydrogen) atoms. The number of rotatable bonds is 6. The molecule has 0 aliphatic heterocycles. The number of fused-ring (bicyclic) bond motifs is 10. The first-order chi connectivity index (χ1) is 31.2. The highest BCUT2D eigenvalue weighted by Crippen LogP contribution is 2.44. The van der Waals surface area contributed by atoms with E-state index in [0.717, 1.165) is 33.6 Å². The van der Waals surface area contributed by atoms with E-state index in [1.165, 1.54) is 69.4 Å². The van der Waals surface area contributed by atoms with Gasteiger partial charge in [0.2, 0.25) is 0 Å². The minimum atomic E-state index is 0.623. The molecule has 0 fully saturated rings. The lowest BCUT2D eigenvalue weighted by molar-refractivity contribution is 1.07. The summed E-state index contributed by atoms with van der Waals surface area (Å²) in [5, 5.41) is 7.41. The Labute approximate surface area is 366 Å². The molecule has 5 nitrogen and oxygen atoms in total. The highest BCUT2D eigenvalue weighted by molar-refractivity contribution is 7.26. The van der Waals surface area contributed by atoms with Crippen molar-refractivity contribution in [1.82, 2.24) is 24.1 Å². The molecular formula is C57H35N5S. The van der Waals surface area contributed by atoms with Crippen LogP contribution >= 0.6 is 11.3 Å². The zero-order chi connectivity index (χ0) is 41.4. The van der Waals surface area contributed by atoms with Crippen LogP contribution in [0.5, 0.6) is 0 Å². The molecule has 9 aromatic carbocycles. The predicted molar refractivity (Wildman–Crippen MR) is 263 cm³/mol. The molecule has 0 aliphatic carbocycles. The molecule has 13 aromatic rings. The van der Waals surface area contributed by atoms with Crippen molar-refractivity contribution >= 4 is 75.1 Å². The number of hydrogen-bond donors (Lipinski definition) is 0. The Morgan fingerprint density at radius 2 is 0.825 bits per heavy atom. The van der Waals surface area contributed by atoms with Crippen molar-refractivity contribution in [3.8, 4) is 56.7 Å². The van der Waals surface area contributed by atoms with Gasteiger partial charge < -0.3 is 9.13 Å². The second-order valence-corrected chi connectivity index (χ2v) is 17.1. The van der Waals surface area contributed by atoms with Gasteiger partial charge in [0.1, 0.15) is 0 Å². The Kier molecular flexibility index (Phi) is 8.01. The Bertz CT molecular complexity index is 3850. The Hall–Kier alpha value is -8.19. The maximum atomic E-state index is 5.13. The van der Waals surface area contributed by atoms with E-state index in [-0.39, 0.29) is 0 Å². The van der Waals surface area contributed by atoms with Crippen molar-refractivity contribution in [2.24, 2.45) is 0 Å². The first kappa shape index (κ1) is 35.6. The SMILES string of the molecule is c1ccc(-c2ccc3c4ccccc4n(-c4ccc5c6ccc7c8ccccc8sc7c6n(-c6cccc(-c7nc(-c8ccccc8)nc(-c8ccccc8)n7)c6)c5c4)c3c2)cc1. The van der Waals surface area contributed by atoms with Crippen LogP contribution in [0.25, 0.3) is 120 Å². The molecule has 294 valence electrons. The fraction of sp³-hybridized carbons (Fsp3) is 0. The average molecular weight is 822 g/mol. The molecule has 4 aromatic heterocycles. The summed E-state index contributed by atoms with van der Waals surface area (Å²) < 4.78 is 7.44. The van der Waals surface area contributed by atoms with Gasteiger partial charge in [-0.05, 0) is 53.6 Å². The minimum absolute atomic E-state index is 0.623. The quantitative estimate of drug-likeness (QED) is 0.168. The van der Waals surface area contributed by atoms with E-state index in [2.05, 4.69) is 185 Å². The van der Waals surface area contributed by atoms with Gasteiger partial charge in [0.05, 0.1) is 26.8 Å². The molecule has 0 radical (unpaired) electrons. The highest BCUT2D eigenvalue weighted by Gasteiger charge is 2.21. The van der Waals surface area contributed by atoms with Gasteiger partial charge in [-0.25, -0.2) is 15.0 Å². The highest BCUT2D eigenvalue weighted by atomic mass is 32.1. The van der Waals surface area contributed by atoms with Crippen molar-refractivity contribution in [2.45, 2.75) is 0 Å². The summed E-state index contributed by atoms with van der Waals surface area (Å²) in [7, 11) is 0. The van der Waals surface area contributed by atoms with E-state index in [1.807, 2.05) is 47.7 Å². The number of thiophene rings is 1. The predicted octanol–water partition coefficient (Wildman–Crippen LogP) is 15.1. The lowest BCUT2D eigenvalue weighted by Gasteiger charge is -2.13. The van der Waals surface area contributed by atoms with E-state index >= 15 is 0 Å². The van der Waals surface area contributed by atoms with Crippen LogP contribution in [-0.2, 0) is 0 Å². The molecule has 0 amide bonds. The smallest absolute Gasteiger partial charge is 0.164 e. The summed E-state index contributed by atoms with van der Waals surface area (Å²) in [6.45, 7) is 0. The fourth-order valence-electron chi connectivity index (χ4n) is 9.46. The second-order valence-electron chi connectivity index (χ2n) is 16.0. The van der Waals surface area contributed by atoms with Gasteiger partial charge in [-0.2, -0.15) is 0 Å². The van der Waals surface area contributed by atoms with Crippen LogP contribution in [-0.4, -0.2) is 24.1 Å². The molecule has 0 saturated carbocycles. The van der Waals surface area contributed by atoms with E-state index in [9.17, 15) is 0 Å². The van der Waals surface area contributed by atoms with Crippen LogP contribution < -0.4 is 0 Å². The van der Waals surface area contributed by atoms with Gasteiger partial charge >= 0.3 is 0 Å². The van der Waals surface area contributed by atoms with Gasteiger partial charge in [-0.15, -0.1) is 11.3 Å². The minimum Gasteiger partial charge on any atom is -0.309 e. The summed E-state index contributed by atoms with van der Waals surface area (Å²) in [4.78, 5) is 15.2. The topological polar surface area (TPSA) is 48.5 Å². The largest absolute Gasteiger partial charge is 0.309 e. The maximum Gasteiger partial charge on any atom is 0.164 e. The van der Waals surface area contributed by atoms with Crippen LogP contribution in [0.3, 0.4) is 0 Å². The molecule has 4 heterocycles. The van der Waals surface area contributed by atoms with Gasteiger partial charge in [-0.3, -0.25) is 0 Å². The normalized spacial score (nSPS) is 11.8. The Balaban J connectivity index is 1.08. The van der Waals surface area contributed by atoms with Gasteiger partial charge in [-0.1, -0.05) is 170 Å². The maximum absolute atomic E-state index is 5.13. The number of benzene rings is 9. The van der Waals surface area contributed by atoms with E-state index in [4.69, 9.17) is 15.0 Å². The van der Waals surface area contributed by atoms with Gasteiger partial charge in [0.25, 0.3) is 0 Å². The molecule has 0 aliphatic rings.